The second-order valence-corrected chi connectivity index (χ2v) is 2.78. The van der Waals surface area contributed by atoms with Crippen LogP contribution in [0.2, 0.25) is 0 Å². The number of phosphoric acid groups is 1. The quantitative estimate of drug-likeness (QED) is 0.319. The molecule has 6 nitrogen and oxygen atoms in total. The number of phosphoric ester groups is 1. The van der Waals surface area contributed by atoms with Gasteiger partial charge in [0.1, 0.15) is 6.10 Å². The van der Waals surface area contributed by atoms with Gasteiger partial charge in [-0.1, -0.05) is 0 Å². The molecule has 0 heterocycles. The summed E-state index contributed by atoms with van der Waals surface area (Å²) in [7, 11) is -4.57. The first-order valence-electron chi connectivity index (χ1n) is 2.45. The maximum atomic E-state index is 10.0. The van der Waals surface area contributed by atoms with Gasteiger partial charge in [0, 0.05) is 37.7 Å². The predicted octanol–water partition coefficient (Wildman–Crippen LogP) is -1.93. The van der Waals surface area contributed by atoms with Gasteiger partial charge < -0.3 is 20.0 Å². The molecular formula is C3H9CaO6P. The van der Waals surface area contributed by atoms with Crippen LogP contribution in [0.3, 0.4) is 0 Å². The molecule has 8 heteroatoms. The van der Waals surface area contributed by atoms with E-state index in [0.29, 0.717) is 0 Å². The zero-order valence-electron chi connectivity index (χ0n) is 5.75. The predicted molar refractivity (Wildman–Crippen MR) is 36.8 cm³/mol. The molecule has 11 heavy (non-hydrogen) atoms. The topological polar surface area (TPSA) is 107 Å². The summed E-state index contributed by atoms with van der Waals surface area (Å²) in [5, 5.41) is 16.5. The second-order valence-electron chi connectivity index (χ2n) is 1.58. The summed E-state index contributed by atoms with van der Waals surface area (Å²) in [5.41, 5.74) is 0. The molecule has 0 rings (SSSR count). The van der Waals surface area contributed by atoms with E-state index in [4.69, 9.17) is 20.0 Å². The smallest absolute Gasteiger partial charge is 0.394 e. The van der Waals surface area contributed by atoms with Crippen molar-refractivity contribution in [1.29, 1.82) is 0 Å². The van der Waals surface area contributed by atoms with E-state index in [0.717, 1.165) is 0 Å². The Hall–Kier alpha value is 1.29. The van der Waals surface area contributed by atoms with Gasteiger partial charge in [0.15, 0.2) is 0 Å². The standard InChI is InChI=1S/C3H9O6P.Ca/c4-1-3(2-5)9-10(6,7)8;/h3-5H,1-2H2,(H2,6,7,8);. The fourth-order valence-corrected chi connectivity index (χ4v) is 0.840. The molecule has 0 aromatic rings. The normalized spacial score (nSPS) is 11.4. The van der Waals surface area contributed by atoms with E-state index in [-0.39, 0.29) is 37.7 Å². The maximum Gasteiger partial charge on any atom is 0.470 e. The molecule has 2 radical (unpaired) electrons. The molecule has 0 aliphatic heterocycles. The van der Waals surface area contributed by atoms with E-state index in [9.17, 15) is 4.57 Å². The SMILES string of the molecule is O=P(O)(O)OC(CO)CO.[Ca]. The van der Waals surface area contributed by atoms with Crippen molar-refractivity contribution in [2.75, 3.05) is 13.2 Å². The molecule has 0 amide bonds. The molecule has 64 valence electrons. The van der Waals surface area contributed by atoms with Gasteiger partial charge in [-0.15, -0.1) is 0 Å². The Labute approximate surface area is 93.4 Å². The maximum absolute atomic E-state index is 10.0. The fraction of sp³-hybridized carbons (Fsp3) is 1.00. The summed E-state index contributed by atoms with van der Waals surface area (Å²) in [4.78, 5) is 16.2. The third kappa shape index (κ3) is 9.20. The summed E-state index contributed by atoms with van der Waals surface area (Å²) in [6.07, 6.45) is -1.21. The van der Waals surface area contributed by atoms with E-state index in [1.54, 1.807) is 0 Å². The van der Waals surface area contributed by atoms with Gasteiger partial charge in [-0.05, 0) is 0 Å². The molecule has 0 saturated heterocycles. The monoisotopic (exact) mass is 212 g/mol. The zero-order valence-corrected chi connectivity index (χ0v) is 8.85. The molecule has 0 unspecified atom stereocenters. The van der Waals surface area contributed by atoms with Crippen LogP contribution in [0.25, 0.3) is 0 Å². The van der Waals surface area contributed by atoms with Crippen LogP contribution in [-0.4, -0.2) is 77.1 Å². The number of aliphatic hydroxyl groups excluding tert-OH is 2. The minimum Gasteiger partial charge on any atom is -0.394 e. The summed E-state index contributed by atoms with van der Waals surface area (Å²) >= 11 is 0. The van der Waals surface area contributed by atoms with Crippen molar-refractivity contribution < 1.29 is 29.1 Å². The van der Waals surface area contributed by atoms with Crippen molar-refractivity contribution in [3.05, 3.63) is 0 Å². The van der Waals surface area contributed by atoms with Gasteiger partial charge in [0.05, 0.1) is 13.2 Å². The average molecular weight is 212 g/mol. The van der Waals surface area contributed by atoms with Gasteiger partial charge in [0.25, 0.3) is 0 Å². The van der Waals surface area contributed by atoms with E-state index in [1.807, 2.05) is 0 Å². The molecule has 0 atom stereocenters. The van der Waals surface area contributed by atoms with Gasteiger partial charge in [-0.2, -0.15) is 0 Å². The number of hydrogen-bond acceptors (Lipinski definition) is 4. The second kappa shape index (κ2) is 6.77. The Kier molecular flexibility index (Phi) is 9.10. The Balaban J connectivity index is 0. The fourth-order valence-electron chi connectivity index (χ4n) is 0.319. The average Bonchev–Trinajstić information content (AvgIpc) is 1.81. The van der Waals surface area contributed by atoms with Crippen molar-refractivity contribution in [3.63, 3.8) is 0 Å². The van der Waals surface area contributed by atoms with E-state index < -0.39 is 27.1 Å². The molecule has 0 aliphatic carbocycles. The van der Waals surface area contributed by atoms with Crippen LogP contribution in [0.1, 0.15) is 0 Å². The van der Waals surface area contributed by atoms with Crippen molar-refractivity contribution in [1.82, 2.24) is 0 Å². The number of rotatable bonds is 4. The van der Waals surface area contributed by atoms with Crippen molar-refractivity contribution >= 4 is 45.6 Å². The minimum atomic E-state index is -4.57. The minimum absolute atomic E-state index is 0. The summed E-state index contributed by atoms with van der Waals surface area (Å²) in [5.74, 6) is 0. The molecular weight excluding hydrogens is 203 g/mol. The summed E-state index contributed by atoms with van der Waals surface area (Å²) in [6.45, 7) is -1.25. The molecule has 0 spiro atoms. The van der Waals surface area contributed by atoms with Crippen LogP contribution >= 0.6 is 7.82 Å². The van der Waals surface area contributed by atoms with Crippen LogP contribution in [0.15, 0.2) is 0 Å². The van der Waals surface area contributed by atoms with Crippen LogP contribution < -0.4 is 0 Å². The van der Waals surface area contributed by atoms with E-state index in [2.05, 4.69) is 4.52 Å². The van der Waals surface area contributed by atoms with Crippen molar-refractivity contribution in [2.24, 2.45) is 0 Å². The third-order valence-electron chi connectivity index (χ3n) is 0.694. The summed E-state index contributed by atoms with van der Waals surface area (Å²) in [6, 6.07) is 0. The Morgan fingerprint density at radius 1 is 1.27 bits per heavy atom. The Morgan fingerprint density at radius 3 is 1.73 bits per heavy atom. The molecule has 0 aliphatic rings. The molecule has 4 N–H and O–H groups in total. The van der Waals surface area contributed by atoms with Gasteiger partial charge in [-0.3, -0.25) is 4.52 Å². The molecule has 0 fully saturated rings. The first-order valence-corrected chi connectivity index (χ1v) is 3.98. The van der Waals surface area contributed by atoms with Crippen LogP contribution in [0.4, 0.5) is 0 Å². The van der Waals surface area contributed by atoms with Crippen molar-refractivity contribution in [3.8, 4) is 0 Å². The number of hydrogen-bond donors (Lipinski definition) is 4. The van der Waals surface area contributed by atoms with Gasteiger partial charge in [0.2, 0.25) is 0 Å². The first kappa shape index (κ1) is 14.8. The van der Waals surface area contributed by atoms with E-state index >= 15 is 0 Å². The van der Waals surface area contributed by atoms with Crippen molar-refractivity contribution in [2.45, 2.75) is 6.10 Å². The Bertz CT molecular complexity index is 130. The molecule has 0 aromatic heterocycles. The molecule has 0 aromatic carbocycles. The summed E-state index contributed by atoms with van der Waals surface area (Å²) < 4.78 is 13.9. The molecule has 0 saturated carbocycles. The van der Waals surface area contributed by atoms with Crippen LogP contribution in [0, 0.1) is 0 Å². The largest absolute Gasteiger partial charge is 0.470 e. The van der Waals surface area contributed by atoms with Crippen LogP contribution in [0.5, 0.6) is 0 Å². The van der Waals surface area contributed by atoms with Gasteiger partial charge in [-0.25, -0.2) is 4.57 Å². The van der Waals surface area contributed by atoms with E-state index in [1.165, 1.54) is 0 Å². The Morgan fingerprint density at radius 2 is 1.64 bits per heavy atom. The molecule has 0 bridgehead atoms. The van der Waals surface area contributed by atoms with Crippen LogP contribution in [-0.2, 0) is 9.09 Å². The first-order chi connectivity index (χ1) is 4.49. The third-order valence-corrected chi connectivity index (χ3v) is 1.27. The number of aliphatic hydroxyl groups is 2. The van der Waals surface area contributed by atoms with Gasteiger partial charge >= 0.3 is 7.82 Å². The zero-order chi connectivity index (χ0) is 8.20.